The zero-order valence-electron chi connectivity index (χ0n) is 21.3. The van der Waals surface area contributed by atoms with E-state index in [-0.39, 0.29) is 24.4 Å². The summed E-state index contributed by atoms with van der Waals surface area (Å²) in [6.07, 6.45) is 8.53. The number of carbonyl (C=O) groups excluding carboxylic acids is 2. The van der Waals surface area contributed by atoms with E-state index in [1.54, 1.807) is 0 Å². The highest BCUT2D eigenvalue weighted by Crippen LogP contribution is 2.42. The first-order valence-electron chi connectivity index (χ1n) is 13.5. The van der Waals surface area contributed by atoms with Crippen LogP contribution in [0.1, 0.15) is 80.3 Å². The van der Waals surface area contributed by atoms with E-state index in [9.17, 15) is 9.59 Å². The Labute approximate surface area is 213 Å². The molecule has 36 heavy (non-hydrogen) atoms. The van der Waals surface area contributed by atoms with Gasteiger partial charge in [0.25, 0.3) is 0 Å². The molecule has 3 aliphatic rings. The van der Waals surface area contributed by atoms with Crippen LogP contribution in [-0.4, -0.2) is 45.7 Å². The van der Waals surface area contributed by atoms with Crippen LogP contribution in [0.3, 0.4) is 0 Å². The van der Waals surface area contributed by atoms with Gasteiger partial charge in [0.15, 0.2) is 0 Å². The van der Waals surface area contributed by atoms with Gasteiger partial charge in [0.2, 0.25) is 11.8 Å². The fourth-order valence-corrected chi connectivity index (χ4v) is 6.33. The number of nitrogens with one attached hydrogen (secondary N) is 1. The van der Waals surface area contributed by atoms with E-state index in [1.165, 1.54) is 29.5 Å². The number of fused-ring (bicyclic) bond motifs is 4. The number of allylic oxidation sites excluding steroid dienone is 1. The lowest BCUT2D eigenvalue weighted by Gasteiger charge is -2.47. The van der Waals surface area contributed by atoms with Crippen molar-refractivity contribution in [3.8, 4) is 0 Å². The second-order valence-corrected chi connectivity index (χ2v) is 10.9. The maximum Gasteiger partial charge on any atom is 0.246 e. The third-order valence-electron chi connectivity index (χ3n) is 8.35. The van der Waals surface area contributed by atoms with Gasteiger partial charge in [0.1, 0.15) is 6.04 Å². The van der Waals surface area contributed by atoms with Gasteiger partial charge in [-0.15, -0.1) is 0 Å². The molecule has 1 aliphatic carbocycles. The Morgan fingerprint density at radius 1 is 1.03 bits per heavy atom. The fourth-order valence-electron chi connectivity index (χ4n) is 6.33. The molecule has 3 heterocycles. The lowest BCUT2D eigenvalue weighted by molar-refractivity contribution is -0.158. The number of hydrogen-bond donors (Lipinski definition) is 1. The standard InChI is InChI=1S/C31H35N3O2/c1-20(2)22-12-14-23(15-13-22)30-29-25(24-10-6-7-11-26(24)32-29)18-27-31(36)33(19-28(35)34(27)30)17-16-21-8-4-3-5-9-21/h6-8,10-15,20,27,30,32H,3-5,9,16-19H2,1-2H3/t27-,30-/m0/s1. The summed E-state index contributed by atoms with van der Waals surface area (Å²) in [6, 6.07) is 16.1. The Kier molecular flexibility index (Phi) is 5.94. The number of benzene rings is 2. The average Bonchev–Trinajstić information content (AvgIpc) is 3.28. The largest absolute Gasteiger partial charge is 0.356 e. The van der Waals surface area contributed by atoms with Gasteiger partial charge in [-0.05, 0) is 60.8 Å². The second-order valence-electron chi connectivity index (χ2n) is 10.9. The summed E-state index contributed by atoms with van der Waals surface area (Å²) in [4.78, 5) is 34.9. The zero-order chi connectivity index (χ0) is 24.8. The van der Waals surface area contributed by atoms with Crippen LogP contribution in [0.4, 0.5) is 0 Å². The van der Waals surface area contributed by atoms with Gasteiger partial charge in [0, 0.05) is 29.6 Å². The first kappa shape index (κ1) is 23.1. The summed E-state index contributed by atoms with van der Waals surface area (Å²) in [5.74, 6) is 0.568. The smallest absolute Gasteiger partial charge is 0.246 e. The molecule has 2 atom stereocenters. The lowest BCUT2D eigenvalue weighted by Crippen LogP contribution is -2.63. The number of piperazine rings is 1. The van der Waals surface area contributed by atoms with E-state index in [0.29, 0.717) is 18.9 Å². The van der Waals surface area contributed by atoms with Crippen LogP contribution < -0.4 is 0 Å². The maximum absolute atomic E-state index is 13.9. The Morgan fingerprint density at radius 3 is 2.58 bits per heavy atom. The number of amides is 2. The molecule has 0 unspecified atom stereocenters. The Hall–Kier alpha value is -3.34. The third-order valence-corrected chi connectivity index (χ3v) is 8.35. The zero-order valence-corrected chi connectivity index (χ0v) is 21.3. The highest BCUT2D eigenvalue weighted by molar-refractivity contribution is 5.97. The molecular formula is C31H35N3O2. The number of carbonyl (C=O) groups is 2. The highest BCUT2D eigenvalue weighted by atomic mass is 16.2. The molecule has 0 spiro atoms. The van der Waals surface area contributed by atoms with Crippen LogP contribution in [-0.2, 0) is 16.0 Å². The quantitative estimate of drug-likeness (QED) is 0.464. The number of nitrogens with zero attached hydrogens (tertiary/aromatic N) is 2. The second kappa shape index (κ2) is 9.27. The number of H-pyrrole nitrogens is 1. The average molecular weight is 482 g/mol. The minimum Gasteiger partial charge on any atom is -0.356 e. The predicted molar refractivity (Wildman–Crippen MR) is 143 cm³/mol. The van der Waals surface area contributed by atoms with Crippen LogP contribution in [0.5, 0.6) is 0 Å². The monoisotopic (exact) mass is 481 g/mol. The van der Waals surface area contributed by atoms with Crippen molar-refractivity contribution in [3.63, 3.8) is 0 Å². The first-order valence-corrected chi connectivity index (χ1v) is 13.5. The van der Waals surface area contributed by atoms with Crippen molar-refractivity contribution in [2.45, 2.75) is 70.4 Å². The SMILES string of the molecule is CC(C)c1ccc([C@H]2c3[nH]c4ccccc4c3C[C@H]3C(=O)N(CCC4=CCCCC4)CC(=O)N23)cc1. The van der Waals surface area contributed by atoms with Crippen molar-refractivity contribution < 1.29 is 9.59 Å². The van der Waals surface area contributed by atoms with Gasteiger partial charge < -0.3 is 14.8 Å². The van der Waals surface area contributed by atoms with Crippen LogP contribution in [0.2, 0.25) is 0 Å². The minimum atomic E-state index is -0.465. The van der Waals surface area contributed by atoms with Gasteiger partial charge in [-0.2, -0.15) is 0 Å². The molecule has 2 aliphatic heterocycles. The first-order chi connectivity index (χ1) is 17.5. The van der Waals surface area contributed by atoms with E-state index in [1.807, 2.05) is 21.9 Å². The summed E-state index contributed by atoms with van der Waals surface area (Å²) < 4.78 is 0. The molecule has 1 N–H and O–H groups in total. The van der Waals surface area contributed by atoms with Gasteiger partial charge in [-0.3, -0.25) is 9.59 Å². The molecule has 5 nitrogen and oxygen atoms in total. The Bertz CT molecular complexity index is 1330. The molecule has 1 fully saturated rings. The van der Waals surface area contributed by atoms with Crippen molar-refractivity contribution in [1.29, 1.82) is 0 Å². The molecule has 186 valence electrons. The summed E-state index contributed by atoms with van der Waals surface area (Å²) >= 11 is 0. The van der Waals surface area contributed by atoms with Crippen molar-refractivity contribution >= 4 is 22.7 Å². The molecule has 6 rings (SSSR count). The Balaban J connectivity index is 1.38. The molecule has 5 heteroatoms. The van der Waals surface area contributed by atoms with Crippen molar-refractivity contribution in [2.24, 2.45) is 0 Å². The third kappa shape index (κ3) is 3.95. The number of aromatic nitrogens is 1. The summed E-state index contributed by atoms with van der Waals surface area (Å²) in [6.45, 7) is 5.17. The van der Waals surface area contributed by atoms with Crippen LogP contribution in [0.25, 0.3) is 10.9 Å². The van der Waals surface area contributed by atoms with Crippen LogP contribution in [0.15, 0.2) is 60.2 Å². The van der Waals surface area contributed by atoms with Gasteiger partial charge in [-0.1, -0.05) is 68.0 Å². The molecule has 2 amide bonds. The van der Waals surface area contributed by atoms with Crippen LogP contribution >= 0.6 is 0 Å². The van der Waals surface area contributed by atoms with Gasteiger partial charge >= 0.3 is 0 Å². The Morgan fingerprint density at radius 2 is 1.83 bits per heavy atom. The van der Waals surface area contributed by atoms with Crippen LogP contribution in [0, 0.1) is 0 Å². The summed E-state index contributed by atoms with van der Waals surface area (Å²) in [7, 11) is 0. The van der Waals surface area contributed by atoms with E-state index in [4.69, 9.17) is 0 Å². The summed E-state index contributed by atoms with van der Waals surface area (Å²) in [5, 5.41) is 1.15. The number of aromatic amines is 1. The summed E-state index contributed by atoms with van der Waals surface area (Å²) in [5.41, 5.74) is 7.04. The van der Waals surface area contributed by atoms with E-state index >= 15 is 0 Å². The van der Waals surface area contributed by atoms with Crippen molar-refractivity contribution in [2.75, 3.05) is 13.1 Å². The molecule has 0 bridgehead atoms. The molecule has 1 saturated heterocycles. The van der Waals surface area contributed by atoms with Crippen molar-refractivity contribution in [1.82, 2.24) is 14.8 Å². The highest BCUT2D eigenvalue weighted by Gasteiger charge is 2.48. The maximum atomic E-state index is 13.9. The molecule has 2 aromatic carbocycles. The van der Waals surface area contributed by atoms with E-state index < -0.39 is 6.04 Å². The van der Waals surface area contributed by atoms with Gasteiger partial charge in [0.05, 0.1) is 12.6 Å². The minimum absolute atomic E-state index is 0.0412. The lowest BCUT2D eigenvalue weighted by atomic mass is 9.85. The molecular weight excluding hydrogens is 446 g/mol. The molecule has 0 saturated carbocycles. The van der Waals surface area contributed by atoms with Crippen molar-refractivity contribution in [3.05, 3.63) is 82.6 Å². The molecule has 1 aromatic heterocycles. The number of rotatable bonds is 5. The number of hydrogen-bond acceptors (Lipinski definition) is 2. The van der Waals surface area contributed by atoms with Gasteiger partial charge in [-0.25, -0.2) is 0 Å². The molecule has 0 radical (unpaired) electrons. The topological polar surface area (TPSA) is 56.4 Å². The van der Waals surface area contributed by atoms with E-state index in [2.05, 4.69) is 61.3 Å². The predicted octanol–water partition coefficient (Wildman–Crippen LogP) is 5.87. The van der Waals surface area contributed by atoms with E-state index in [0.717, 1.165) is 41.4 Å². The fraction of sp³-hybridized carbons (Fsp3) is 0.419. The molecule has 3 aromatic rings. The normalized spacial score (nSPS) is 22.1. The number of para-hydroxylation sites is 1.